The third-order valence-electron chi connectivity index (χ3n) is 2.55. The number of carbonyl (C=O) groups is 1. The summed E-state index contributed by atoms with van der Waals surface area (Å²) in [6, 6.07) is 5.71. The Morgan fingerprint density at radius 2 is 1.95 bits per heavy atom. The molecule has 0 radical (unpaired) electrons. The molecule has 7 heteroatoms. The summed E-state index contributed by atoms with van der Waals surface area (Å²) in [6.07, 6.45) is -3.46. The van der Waals surface area contributed by atoms with Crippen molar-refractivity contribution in [1.29, 1.82) is 0 Å². The molecule has 1 heterocycles. The van der Waals surface area contributed by atoms with Gasteiger partial charge in [0.05, 0.1) is 23.9 Å². The number of nitrogens with one attached hydrogen (secondary N) is 1. The van der Waals surface area contributed by atoms with Gasteiger partial charge in [-0.3, -0.25) is 4.79 Å². The van der Waals surface area contributed by atoms with Gasteiger partial charge in [0.1, 0.15) is 11.6 Å². The highest BCUT2D eigenvalue weighted by Gasteiger charge is 2.35. The Labute approximate surface area is 111 Å². The Morgan fingerprint density at radius 3 is 2.55 bits per heavy atom. The Kier molecular flexibility index (Phi) is 3.78. The van der Waals surface area contributed by atoms with E-state index < -0.39 is 29.0 Å². The normalized spacial score (nSPS) is 11.4. The van der Waals surface area contributed by atoms with Crippen LogP contribution in [0.3, 0.4) is 0 Å². The molecular weight excluding hydrogens is 278 g/mol. The van der Waals surface area contributed by atoms with E-state index in [-0.39, 0.29) is 6.54 Å². The highest BCUT2D eigenvalue weighted by atomic mass is 19.4. The van der Waals surface area contributed by atoms with E-state index >= 15 is 0 Å². The maximum atomic E-state index is 13.7. The van der Waals surface area contributed by atoms with E-state index in [1.54, 1.807) is 12.1 Å². The van der Waals surface area contributed by atoms with Crippen molar-refractivity contribution in [1.82, 2.24) is 5.32 Å². The third kappa shape index (κ3) is 2.98. The first kappa shape index (κ1) is 14.1. The molecule has 2 aromatic rings. The van der Waals surface area contributed by atoms with Crippen LogP contribution >= 0.6 is 0 Å². The number of hydrogen-bond donors (Lipinski definition) is 1. The van der Waals surface area contributed by atoms with Gasteiger partial charge in [0, 0.05) is 0 Å². The van der Waals surface area contributed by atoms with Gasteiger partial charge >= 0.3 is 6.18 Å². The van der Waals surface area contributed by atoms with Gasteiger partial charge in [-0.1, -0.05) is 6.07 Å². The molecule has 1 amide bonds. The lowest BCUT2D eigenvalue weighted by Crippen LogP contribution is -2.24. The van der Waals surface area contributed by atoms with Crippen LogP contribution in [0.15, 0.2) is 41.0 Å². The first-order valence-electron chi connectivity index (χ1n) is 5.56. The molecule has 0 saturated heterocycles. The van der Waals surface area contributed by atoms with Crippen molar-refractivity contribution in [2.75, 3.05) is 0 Å². The summed E-state index contributed by atoms with van der Waals surface area (Å²) in [5.74, 6) is -2.12. The van der Waals surface area contributed by atoms with Crippen molar-refractivity contribution in [3.63, 3.8) is 0 Å². The average molecular weight is 287 g/mol. The lowest BCUT2D eigenvalue weighted by Gasteiger charge is -2.11. The summed E-state index contributed by atoms with van der Waals surface area (Å²) in [7, 11) is 0. The predicted molar refractivity (Wildman–Crippen MR) is 61.3 cm³/mol. The fourth-order valence-corrected chi connectivity index (χ4v) is 1.60. The molecule has 0 unspecified atom stereocenters. The lowest BCUT2D eigenvalue weighted by atomic mass is 10.1. The zero-order valence-electron chi connectivity index (χ0n) is 10.00. The van der Waals surface area contributed by atoms with Crippen LogP contribution in [-0.4, -0.2) is 5.91 Å². The summed E-state index contributed by atoms with van der Waals surface area (Å²) < 4.78 is 56.2. The van der Waals surface area contributed by atoms with Crippen LogP contribution in [0.1, 0.15) is 21.7 Å². The van der Waals surface area contributed by atoms with E-state index in [2.05, 4.69) is 5.32 Å². The molecule has 0 atom stereocenters. The number of carbonyl (C=O) groups excluding carboxylic acids is 1. The third-order valence-corrected chi connectivity index (χ3v) is 2.55. The van der Waals surface area contributed by atoms with Crippen LogP contribution in [0.5, 0.6) is 0 Å². The number of hydrogen-bond acceptors (Lipinski definition) is 2. The van der Waals surface area contributed by atoms with Crippen LogP contribution in [0.4, 0.5) is 17.6 Å². The minimum atomic E-state index is -4.85. The topological polar surface area (TPSA) is 42.2 Å². The van der Waals surface area contributed by atoms with Crippen LogP contribution in [0.25, 0.3) is 0 Å². The second-order valence-electron chi connectivity index (χ2n) is 3.93. The van der Waals surface area contributed by atoms with Crippen molar-refractivity contribution >= 4 is 5.91 Å². The van der Waals surface area contributed by atoms with Crippen molar-refractivity contribution in [3.05, 3.63) is 59.3 Å². The molecular formula is C13H9F4NO2. The smallest absolute Gasteiger partial charge is 0.419 e. The van der Waals surface area contributed by atoms with Crippen LogP contribution in [-0.2, 0) is 12.7 Å². The highest BCUT2D eigenvalue weighted by Crippen LogP contribution is 2.32. The fraction of sp³-hybridized carbons (Fsp3) is 0.154. The molecule has 1 N–H and O–H groups in total. The van der Waals surface area contributed by atoms with Gasteiger partial charge in [-0.05, 0) is 24.3 Å². The first-order chi connectivity index (χ1) is 9.39. The number of halogens is 4. The molecule has 3 nitrogen and oxygen atoms in total. The van der Waals surface area contributed by atoms with Gasteiger partial charge in [0.25, 0.3) is 5.91 Å². The summed E-state index contributed by atoms with van der Waals surface area (Å²) in [4.78, 5) is 11.7. The Balaban J connectivity index is 2.18. The maximum absolute atomic E-state index is 13.7. The number of furan rings is 1. The second-order valence-corrected chi connectivity index (χ2v) is 3.93. The average Bonchev–Trinajstić information content (AvgIpc) is 2.88. The van der Waals surface area contributed by atoms with E-state index in [1.165, 1.54) is 6.26 Å². The minimum Gasteiger partial charge on any atom is -0.467 e. The molecule has 106 valence electrons. The first-order valence-corrected chi connectivity index (χ1v) is 5.56. The lowest BCUT2D eigenvalue weighted by molar-refractivity contribution is -0.140. The SMILES string of the molecule is O=C(NCc1ccco1)c1cccc(C(F)(F)F)c1F. The van der Waals surface area contributed by atoms with Crippen LogP contribution in [0.2, 0.25) is 0 Å². The van der Waals surface area contributed by atoms with Crippen molar-refractivity contribution in [2.24, 2.45) is 0 Å². The molecule has 0 fully saturated rings. The summed E-state index contributed by atoms with van der Waals surface area (Å²) in [5.41, 5.74) is -2.13. The number of rotatable bonds is 3. The molecule has 0 aliphatic carbocycles. The van der Waals surface area contributed by atoms with Gasteiger partial charge < -0.3 is 9.73 Å². The Hall–Kier alpha value is -2.31. The zero-order chi connectivity index (χ0) is 14.8. The van der Waals surface area contributed by atoms with E-state index in [4.69, 9.17) is 4.42 Å². The van der Waals surface area contributed by atoms with E-state index in [9.17, 15) is 22.4 Å². The molecule has 0 aliphatic heterocycles. The predicted octanol–water partition coefficient (Wildman–Crippen LogP) is 3.37. The monoisotopic (exact) mass is 287 g/mol. The van der Waals surface area contributed by atoms with Gasteiger partial charge in [0.2, 0.25) is 0 Å². The Morgan fingerprint density at radius 1 is 1.20 bits per heavy atom. The molecule has 0 bridgehead atoms. The second kappa shape index (κ2) is 5.36. The standard InChI is InChI=1S/C13H9F4NO2/c14-11-9(4-1-5-10(11)13(15,16)17)12(19)18-7-8-3-2-6-20-8/h1-6H,7H2,(H,18,19). The Bertz CT molecular complexity index is 605. The number of amides is 1. The molecule has 0 aliphatic rings. The molecule has 1 aromatic carbocycles. The largest absolute Gasteiger partial charge is 0.467 e. The van der Waals surface area contributed by atoms with Crippen molar-refractivity contribution < 1.29 is 26.8 Å². The van der Waals surface area contributed by atoms with E-state index in [1.807, 2.05) is 0 Å². The van der Waals surface area contributed by atoms with Gasteiger partial charge in [-0.25, -0.2) is 4.39 Å². The molecule has 2 rings (SSSR count). The van der Waals surface area contributed by atoms with E-state index in [0.29, 0.717) is 11.8 Å². The van der Waals surface area contributed by atoms with Crippen LogP contribution in [0, 0.1) is 5.82 Å². The number of alkyl halides is 3. The van der Waals surface area contributed by atoms with Gasteiger partial charge in [-0.2, -0.15) is 13.2 Å². The summed E-state index contributed by atoms with van der Waals surface area (Å²) >= 11 is 0. The number of benzene rings is 1. The minimum absolute atomic E-state index is 0.0402. The van der Waals surface area contributed by atoms with Crippen molar-refractivity contribution in [2.45, 2.75) is 12.7 Å². The summed E-state index contributed by atoms with van der Waals surface area (Å²) in [5, 5.41) is 2.28. The maximum Gasteiger partial charge on any atom is 0.419 e. The quantitative estimate of drug-likeness (QED) is 0.879. The molecule has 0 saturated carbocycles. The molecule has 1 aromatic heterocycles. The van der Waals surface area contributed by atoms with Gasteiger partial charge in [0.15, 0.2) is 0 Å². The fourth-order valence-electron chi connectivity index (χ4n) is 1.60. The van der Waals surface area contributed by atoms with Gasteiger partial charge in [-0.15, -0.1) is 0 Å². The molecule has 20 heavy (non-hydrogen) atoms. The van der Waals surface area contributed by atoms with E-state index in [0.717, 1.165) is 12.1 Å². The summed E-state index contributed by atoms with van der Waals surface area (Å²) in [6.45, 7) is -0.0402. The molecule has 0 spiro atoms. The van der Waals surface area contributed by atoms with Crippen molar-refractivity contribution in [3.8, 4) is 0 Å². The van der Waals surface area contributed by atoms with Crippen LogP contribution < -0.4 is 5.32 Å². The highest BCUT2D eigenvalue weighted by molar-refractivity contribution is 5.94. The zero-order valence-corrected chi connectivity index (χ0v) is 10.00.